The average molecular weight is 469 g/mol. The Hall–Kier alpha value is -1.64. The molecule has 26 heavy (non-hydrogen) atoms. The molecule has 1 spiro atoms. The average Bonchev–Trinajstić information content (AvgIpc) is 2.68. The third kappa shape index (κ3) is 3.87. The molecule has 4 amide bonds. The molecule has 1 heterocycles. The minimum absolute atomic E-state index is 0.0282. The summed E-state index contributed by atoms with van der Waals surface area (Å²) in [6.45, 7) is 6.08. The van der Waals surface area contributed by atoms with Crippen LogP contribution in [-0.4, -0.2) is 34.8 Å². The van der Waals surface area contributed by atoms with E-state index in [-0.39, 0.29) is 23.8 Å². The number of anilines is 1. The number of nitrogens with one attached hydrogen (secondary N) is 2. The zero-order valence-electron chi connectivity index (χ0n) is 15.3. The predicted molar refractivity (Wildman–Crippen MR) is 108 cm³/mol. The molecule has 1 aliphatic carbocycles. The van der Waals surface area contributed by atoms with E-state index in [0.29, 0.717) is 24.4 Å². The van der Waals surface area contributed by atoms with Gasteiger partial charge < -0.3 is 10.6 Å². The lowest BCUT2D eigenvalue weighted by atomic mass is 9.64. The van der Waals surface area contributed by atoms with Gasteiger partial charge in [-0.3, -0.25) is 14.5 Å². The van der Waals surface area contributed by atoms with Crippen molar-refractivity contribution in [1.82, 2.24) is 10.2 Å². The fraction of sp³-hybridized carbons (Fsp3) is 0.526. The molecule has 2 atom stereocenters. The van der Waals surface area contributed by atoms with Gasteiger partial charge in [0.2, 0.25) is 5.91 Å². The van der Waals surface area contributed by atoms with E-state index in [2.05, 4.69) is 54.0 Å². The van der Waals surface area contributed by atoms with Crippen LogP contribution >= 0.6 is 22.6 Å². The normalized spacial score (nSPS) is 27.5. The van der Waals surface area contributed by atoms with Gasteiger partial charge in [0, 0.05) is 9.26 Å². The summed E-state index contributed by atoms with van der Waals surface area (Å²) in [6.07, 6.45) is 2.24. The third-order valence-electron chi connectivity index (χ3n) is 5.03. The smallest absolute Gasteiger partial charge is 0.324 e. The first-order chi connectivity index (χ1) is 12.1. The van der Waals surface area contributed by atoms with Crippen LogP contribution in [0.2, 0.25) is 0 Å². The molecule has 0 aromatic heterocycles. The van der Waals surface area contributed by atoms with Gasteiger partial charge in [-0.1, -0.05) is 26.8 Å². The molecule has 0 radical (unpaired) electrons. The summed E-state index contributed by atoms with van der Waals surface area (Å²) < 4.78 is 0.993. The number of nitrogens with zero attached hydrogens (tertiary/aromatic N) is 1. The summed E-state index contributed by atoms with van der Waals surface area (Å²) in [5.41, 5.74) is -0.253. The van der Waals surface area contributed by atoms with Crippen molar-refractivity contribution >= 4 is 46.1 Å². The first-order valence-electron chi connectivity index (χ1n) is 8.80. The number of benzene rings is 1. The van der Waals surface area contributed by atoms with Crippen molar-refractivity contribution in [3.05, 3.63) is 27.8 Å². The molecular weight excluding hydrogens is 445 g/mol. The van der Waals surface area contributed by atoms with Crippen molar-refractivity contribution in [2.75, 3.05) is 11.9 Å². The quantitative estimate of drug-likeness (QED) is 0.527. The van der Waals surface area contributed by atoms with Crippen LogP contribution in [0.1, 0.15) is 40.0 Å². The van der Waals surface area contributed by atoms with E-state index in [1.54, 1.807) is 6.07 Å². The van der Waals surface area contributed by atoms with E-state index in [4.69, 9.17) is 0 Å². The Morgan fingerprint density at radius 3 is 2.73 bits per heavy atom. The Balaban J connectivity index is 1.72. The molecule has 6 nitrogen and oxygen atoms in total. The summed E-state index contributed by atoms with van der Waals surface area (Å²) in [5.74, 6) is -0.321. The fourth-order valence-electron chi connectivity index (χ4n) is 4.56. The number of amides is 4. The van der Waals surface area contributed by atoms with Crippen molar-refractivity contribution in [2.24, 2.45) is 11.3 Å². The van der Waals surface area contributed by atoms with Crippen molar-refractivity contribution in [2.45, 2.75) is 45.6 Å². The zero-order valence-corrected chi connectivity index (χ0v) is 17.4. The van der Waals surface area contributed by atoms with Gasteiger partial charge in [0.1, 0.15) is 12.1 Å². The second-order valence-corrected chi connectivity index (χ2v) is 9.56. The zero-order chi connectivity index (χ0) is 19.1. The molecule has 7 heteroatoms. The molecule has 2 aliphatic rings. The van der Waals surface area contributed by atoms with Gasteiger partial charge in [-0.2, -0.15) is 0 Å². The number of hydrogen-bond acceptors (Lipinski definition) is 3. The molecular formula is C19H24IN3O3. The molecule has 140 valence electrons. The molecule has 3 rings (SSSR count). The topological polar surface area (TPSA) is 78.5 Å². The SMILES string of the molecule is C[C@@H]1CC(C)(C)C[C@]2(C1)NC(=O)N(CC(=O)Nc1cccc(I)c1)C2=O. The molecule has 2 N–H and O–H groups in total. The van der Waals surface area contributed by atoms with E-state index >= 15 is 0 Å². The van der Waals surface area contributed by atoms with Gasteiger partial charge >= 0.3 is 6.03 Å². The molecule has 1 saturated carbocycles. The van der Waals surface area contributed by atoms with Crippen LogP contribution in [0.3, 0.4) is 0 Å². The first kappa shape index (κ1) is 19.1. The van der Waals surface area contributed by atoms with Gasteiger partial charge in [0.05, 0.1) is 0 Å². The second kappa shape index (κ2) is 6.83. The number of rotatable bonds is 3. The highest BCUT2D eigenvalue weighted by Crippen LogP contribution is 2.46. The lowest BCUT2D eigenvalue weighted by molar-refractivity contribution is -0.136. The lowest BCUT2D eigenvalue weighted by Crippen LogP contribution is -2.54. The van der Waals surface area contributed by atoms with Gasteiger partial charge in [-0.25, -0.2) is 4.79 Å². The molecule has 1 aromatic carbocycles. The lowest BCUT2D eigenvalue weighted by Gasteiger charge is -2.43. The van der Waals surface area contributed by atoms with E-state index in [1.165, 1.54) is 0 Å². The second-order valence-electron chi connectivity index (χ2n) is 8.32. The van der Waals surface area contributed by atoms with Crippen LogP contribution in [0, 0.1) is 14.9 Å². The molecule has 0 unspecified atom stereocenters. The summed E-state index contributed by atoms with van der Waals surface area (Å²) in [7, 11) is 0. The Morgan fingerprint density at radius 2 is 2.08 bits per heavy atom. The van der Waals surface area contributed by atoms with E-state index in [9.17, 15) is 14.4 Å². The van der Waals surface area contributed by atoms with Gasteiger partial charge in [0.25, 0.3) is 5.91 Å². The van der Waals surface area contributed by atoms with Crippen LogP contribution in [0.15, 0.2) is 24.3 Å². The van der Waals surface area contributed by atoms with Crippen molar-refractivity contribution < 1.29 is 14.4 Å². The molecule has 2 fully saturated rings. The monoisotopic (exact) mass is 469 g/mol. The Bertz CT molecular complexity index is 764. The van der Waals surface area contributed by atoms with E-state index < -0.39 is 11.6 Å². The largest absolute Gasteiger partial charge is 0.325 e. The number of urea groups is 1. The molecule has 0 bridgehead atoms. The van der Waals surface area contributed by atoms with Crippen LogP contribution < -0.4 is 10.6 Å². The molecule has 1 aliphatic heterocycles. The van der Waals surface area contributed by atoms with E-state index in [1.807, 2.05) is 18.2 Å². The maximum Gasteiger partial charge on any atom is 0.325 e. The number of hydrogen-bond donors (Lipinski definition) is 2. The van der Waals surface area contributed by atoms with E-state index in [0.717, 1.165) is 14.9 Å². The van der Waals surface area contributed by atoms with Gasteiger partial charge in [0.15, 0.2) is 0 Å². The Morgan fingerprint density at radius 1 is 1.35 bits per heavy atom. The minimum Gasteiger partial charge on any atom is -0.324 e. The number of imide groups is 1. The molecule has 1 saturated heterocycles. The maximum atomic E-state index is 13.0. The van der Waals surface area contributed by atoms with Crippen molar-refractivity contribution in [3.8, 4) is 0 Å². The summed E-state index contributed by atoms with van der Waals surface area (Å²) in [6, 6.07) is 6.89. The number of carbonyl (C=O) groups is 3. The fourth-order valence-corrected chi connectivity index (χ4v) is 5.10. The van der Waals surface area contributed by atoms with Gasteiger partial charge in [-0.05, 0) is 71.4 Å². The predicted octanol–water partition coefficient (Wildman–Crippen LogP) is 3.37. The minimum atomic E-state index is -0.874. The van der Waals surface area contributed by atoms with Crippen LogP contribution in [0.5, 0.6) is 0 Å². The first-order valence-corrected chi connectivity index (χ1v) is 9.88. The van der Waals surface area contributed by atoms with Crippen LogP contribution in [0.25, 0.3) is 0 Å². The van der Waals surface area contributed by atoms with Gasteiger partial charge in [-0.15, -0.1) is 0 Å². The standard InChI is InChI=1S/C19H24IN3O3/c1-12-8-18(2,3)11-19(9-12)16(25)23(17(26)22-19)10-15(24)21-14-6-4-5-13(20)7-14/h4-7,12H,8-11H2,1-3H3,(H,21,24)(H,22,26)/t12-,19+/m1/s1. The van der Waals surface area contributed by atoms with Crippen molar-refractivity contribution in [1.29, 1.82) is 0 Å². The summed E-state index contributed by atoms with van der Waals surface area (Å²) in [5, 5.41) is 5.64. The van der Waals surface area contributed by atoms with Crippen LogP contribution in [-0.2, 0) is 9.59 Å². The molecule has 1 aromatic rings. The maximum absolute atomic E-state index is 13.0. The third-order valence-corrected chi connectivity index (χ3v) is 5.71. The van der Waals surface area contributed by atoms with Crippen molar-refractivity contribution in [3.63, 3.8) is 0 Å². The highest BCUT2D eigenvalue weighted by Gasteiger charge is 2.56. The van der Waals surface area contributed by atoms with Crippen LogP contribution in [0.4, 0.5) is 10.5 Å². The highest BCUT2D eigenvalue weighted by molar-refractivity contribution is 14.1. The summed E-state index contributed by atoms with van der Waals surface area (Å²) >= 11 is 2.16. The summed E-state index contributed by atoms with van der Waals surface area (Å²) in [4.78, 5) is 38.9. The Labute approximate surface area is 167 Å². The highest BCUT2D eigenvalue weighted by atomic mass is 127. The Kier molecular flexibility index (Phi) is 5.02. The number of halogens is 1. The number of carbonyl (C=O) groups excluding carboxylic acids is 3.